The number of fused-ring (bicyclic) bond motifs is 2. The quantitative estimate of drug-likeness (QED) is 0.302. The first kappa shape index (κ1) is 22.9. The minimum Gasteiger partial charge on any atom is -0.356 e. The van der Waals surface area contributed by atoms with Crippen molar-refractivity contribution in [2.24, 2.45) is 0 Å². The second kappa shape index (κ2) is 9.81. The average Bonchev–Trinajstić information content (AvgIpc) is 3.33. The van der Waals surface area contributed by atoms with E-state index in [-0.39, 0.29) is 17.5 Å². The smallest absolute Gasteiger partial charge is 0.237 e. The van der Waals surface area contributed by atoms with Gasteiger partial charge in [0, 0.05) is 34.5 Å². The molecule has 2 N–H and O–H groups in total. The van der Waals surface area contributed by atoms with Crippen LogP contribution in [0.4, 0.5) is 10.8 Å². The molecule has 1 aromatic heterocycles. The third-order valence-electron chi connectivity index (χ3n) is 5.53. The number of nitrogens with one attached hydrogen (secondary N) is 2. The maximum atomic E-state index is 12.9. The highest BCUT2D eigenvalue weighted by Gasteiger charge is 2.29. The number of benzene rings is 3. The van der Waals surface area contributed by atoms with E-state index >= 15 is 0 Å². The summed E-state index contributed by atoms with van der Waals surface area (Å²) in [6.45, 7) is 2.42. The van der Waals surface area contributed by atoms with Crippen molar-refractivity contribution in [3.8, 4) is 0 Å². The van der Waals surface area contributed by atoms with Gasteiger partial charge in [-0.3, -0.25) is 14.4 Å². The molecular formula is C26H20N4O3S2. The molecule has 0 aliphatic heterocycles. The van der Waals surface area contributed by atoms with Crippen LogP contribution in [0, 0.1) is 0 Å². The summed E-state index contributed by atoms with van der Waals surface area (Å²) in [5, 5.41) is 14.6. The molecule has 0 saturated carbocycles. The first-order chi connectivity index (χ1) is 17.0. The summed E-state index contributed by atoms with van der Waals surface area (Å²) in [5.74, 6) is -0.651. The lowest BCUT2D eigenvalue weighted by Gasteiger charge is -2.18. The molecule has 1 amide bonds. The second-order valence-electron chi connectivity index (χ2n) is 7.93. The maximum absolute atomic E-state index is 12.9. The number of carbonyl (C=O) groups is 3. The van der Waals surface area contributed by atoms with Crippen LogP contribution in [-0.4, -0.2) is 32.9 Å². The van der Waals surface area contributed by atoms with E-state index < -0.39 is 5.25 Å². The lowest BCUT2D eigenvalue weighted by molar-refractivity contribution is -0.115. The highest BCUT2D eigenvalue weighted by atomic mass is 32.2. The van der Waals surface area contributed by atoms with Gasteiger partial charge in [-0.05, 0) is 30.7 Å². The SMILES string of the molecule is C[C@H](Sc1nnc(NCc2ccccc2)s1)C(=O)Nc1ccc2c(c1)C(=O)c1ccccc1C2=O. The normalized spacial score (nSPS) is 13.1. The fourth-order valence-corrected chi connectivity index (χ4v) is 5.62. The molecule has 0 saturated heterocycles. The first-order valence-electron chi connectivity index (χ1n) is 10.9. The molecule has 35 heavy (non-hydrogen) atoms. The first-order valence-corrected chi connectivity index (χ1v) is 12.6. The zero-order valence-corrected chi connectivity index (χ0v) is 20.3. The molecule has 0 bridgehead atoms. The standard InChI is InChI=1S/C26H20N4O3S2/c1-15(34-26-30-29-25(35-26)27-14-16-7-3-2-4-8-16)24(33)28-17-11-12-20-21(13-17)23(32)19-10-6-5-9-18(19)22(20)31/h2-13,15H,14H2,1H3,(H,27,29)(H,28,33)/t15-/m0/s1. The summed E-state index contributed by atoms with van der Waals surface area (Å²) in [7, 11) is 0. The van der Waals surface area contributed by atoms with E-state index in [9.17, 15) is 14.4 Å². The minimum absolute atomic E-state index is 0.190. The van der Waals surface area contributed by atoms with Gasteiger partial charge < -0.3 is 10.6 Å². The summed E-state index contributed by atoms with van der Waals surface area (Å²) in [5.41, 5.74) is 3.03. The lowest BCUT2D eigenvalue weighted by Crippen LogP contribution is -2.24. The largest absolute Gasteiger partial charge is 0.356 e. The van der Waals surface area contributed by atoms with Crippen molar-refractivity contribution in [1.82, 2.24) is 10.2 Å². The molecule has 1 heterocycles. The molecule has 0 spiro atoms. The van der Waals surface area contributed by atoms with Gasteiger partial charge >= 0.3 is 0 Å². The van der Waals surface area contributed by atoms with E-state index in [1.165, 1.54) is 23.1 Å². The highest BCUT2D eigenvalue weighted by Crippen LogP contribution is 2.31. The summed E-state index contributed by atoms with van der Waals surface area (Å²) >= 11 is 2.69. The van der Waals surface area contributed by atoms with Crippen molar-refractivity contribution in [3.05, 3.63) is 101 Å². The number of aromatic nitrogens is 2. The van der Waals surface area contributed by atoms with Crippen molar-refractivity contribution in [2.45, 2.75) is 23.1 Å². The summed E-state index contributed by atoms with van der Waals surface area (Å²) in [4.78, 5) is 38.5. The number of carbonyl (C=O) groups excluding carboxylic acids is 3. The van der Waals surface area contributed by atoms with Crippen molar-refractivity contribution >= 4 is 51.4 Å². The third-order valence-corrected chi connectivity index (χ3v) is 7.60. The highest BCUT2D eigenvalue weighted by molar-refractivity contribution is 8.02. The number of amides is 1. The fraction of sp³-hybridized carbons (Fsp3) is 0.115. The number of rotatable bonds is 7. The molecule has 0 fully saturated rings. The Kier molecular flexibility index (Phi) is 6.43. The van der Waals surface area contributed by atoms with E-state index in [2.05, 4.69) is 20.8 Å². The van der Waals surface area contributed by atoms with Gasteiger partial charge in [0.05, 0.1) is 5.25 Å². The predicted octanol–water partition coefficient (Wildman–Crippen LogP) is 5.04. The van der Waals surface area contributed by atoms with Gasteiger partial charge in [-0.2, -0.15) is 0 Å². The average molecular weight is 501 g/mol. The van der Waals surface area contributed by atoms with E-state index in [4.69, 9.17) is 0 Å². The Hall–Kier alpha value is -3.82. The van der Waals surface area contributed by atoms with Crippen molar-refractivity contribution < 1.29 is 14.4 Å². The van der Waals surface area contributed by atoms with Crippen LogP contribution in [0.2, 0.25) is 0 Å². The summed E-state index contributed by atoms with van der Waals surface area (Å²) < 4.78 is 0.672. The predicted molar refractivity (Wildman–Crippen MR) is 137 cm³/mol. The van der Waals surface area contributed by atoms with Gasteiger partial charge in [-0.25, -0.2) is 0 Å². The van der Waals surface area contributed by atoms with Crippen LogP contribution in [0.5, 0.6) is 0 Å². The van der Waals surface area contributed by atoms with Crippen molar-refractivity contribution in [2.75, 3.05) is 10.6 Å². The van der Waals surface area contributed by atoms with Crippen LogP contribution in [0.25, 0.3) is 0 Å². The monoisotopic (exact) mass is 500 g/mol. The minimum atomic E-state index is -0.445. The van der Waals surface area contributed by atoms with Crippen LogP contribution in [0.1, 0.15) is 44.3 Å². The molecule has 1 atom stereocenters. The zero-order valence-electron chi connectivity index (χ0n) is 18.6. The molecule has 174 valence electrons. The molecule has 1 aliphatic rings. The molecule has 0 unspecified atom stereocenters. The number of ketones is 2. The van der Waals surface area contributed by atoms with Gasteiger partial charge in [0.25, 0.3) is 0 Å². The molecule has 5 rings (SSSR count). The number of hydrogen-bond acceptors (Lipinski definition) is 8. The topological polar surface area (TPSA) is 101 Å². The molecule has 3 aromatic carbocycles. The Bertz CT molecular complexity index is 1440. The summed E-state index contributed by atoms with van der Waals surface area (Å²) in [6.07, 6.45) is 0. The number of nitrogens with zero attached hydrogens (tertiary/aromatic N) is 2. The van der Waals surface area contributed by atoms with E-state index in [0.29, 0.717) is 44.0 Å². The Morgan fingerprint density at radius 2 is 1.54 bits per heavy atom. The van der Waals surface area contributed by atoms with Crippen LogP contribution in [0.15, 0.2) is 77.1 Å². The molecule has 9 heteroatoms. The van der Waals surface area contributed by atoms with Gasteiger partial charge in [-0.15, -0.1) is 10.2 Å². The second-order valence-corrected chi connectivity index (χ2v) is 10.5. The van der Waals surface area contributed by atoms with Gasteiger partial charge in [0.2, 0.25) is 11.0 Å². The Balaban J connectivity index is 1.22. The lowest BCUT2D eigenvalue weighted by atomic mass is 9.84. The summed E-state index contributed by atoms with van der Waals surface area (Å²) in [6, 6.07) is 21.6. The van der Waals surface area contributed by atoms with Gasteiger partial charge in [0.1, 0.15) is 0 Å². The molecule has 4 aromatic rings. The molecule has 7 nitrogen and oxygen atoms in total. The molecule has 0 radical (unpaired) electrons. The van der Waals surface area contributed by atoms with Crippen molar-refractivity contribution in [1.29, 1.82) is 0 Å². The number of anilines is 2. The van der Waals surface area contributed by atoms with Crippen LogP contribution in [0.3, 0.4) is 0 Å². The van der Waals surface area contributed by atoms with Crippen molar-refractivity contribution in [3.63, 3.8) is 0 Å². The fourth-order valence-electron chi connectivity index (χ4n) is 3.73. The Morgan fingerprint density at radius 1 is 0.886 bits per heavy atom. The zero-order chi connectivity index (χ0) is 24.4. The van der Waals surface area contributed by atoms with Gasteiger partial charge in [0.15, 0.2) is 15.9 Å². The number of thioether (sulfide) groups is 1. The molecular weight excluding hydrogens is 480 g/mol. The van der Waals surface area contributed by atoms with Crippen LogP contribution < -0.4 is 10.6 Å². The van der Waals surface area contributed by atoms with E-state index in [1.54, 1.807) is 49.4 Å². The Labute approximate surface area is 210 Å². The van der Waals surface area contributed by atoms with Crippen LogP contribution >= 0.6 is 23.1 Å². The van der Waals surface area contributed by atoms with E-state index in [1.807, 2.05) is 30.3 Å². The number of hydrogen-bond donors (Lipinski definition) is 2. The van der Waals surface area contributed by atoms with Gasteiger partial charge in [-0.1, -0.05) is 77.7 Å². The third kappa shape index (κ3) is 4.87. The van der Waals surface area contributed by atoms with Crippen LogP contribution in [-0.2, 0) is 11.3 Å². The van der Waals surface area contributed by atoms with E-state index in [0.717, 1.165) is 5.56 Å². The Morgan fingerprint density at radius 3 is 2.29 bits per heavy atom. The maximum Gasteiger partial charge on any atom is 0.237 e. The molecule has 1 aliphatic carbocycles.